The number of aromatic nitrogens is 1. The summed E-state index contributed by atoms with van der Waals surface area (Å²) in [4.78, 5) is 28.5. The standard InChI is InChI=1S/C21H18BrNO4S/c1-26-19-9-7-15(22)11-17(19)21-23-16(13-28-21)12-27-20(25)10-8-18(24)14-5-3-2-4-6-14/h2-7,9,11,13H,8,10,12H2,1H3. The lowest BCUT2D eigenvalue weighted by Gasteiger charge is -2.06. The van der Waals surface area contributed by atoms with Gasteiger partial charge in [0.25, 0.3) is 0 Å². The van der Waals surface area contributed by atoms with Crippen molar-refractivity contribution in [1.82, 2.24) is 4.98 Å². The van der Waals surface area contributed by atoms with E-state index < -0.39 is 5.97 Å². The molecular formula is C21H18BrNO4S. The second-order valence-corrected chi connectivity index (χ2v) is 7.71. The number of rotatable bonds is 8. The van der Waals surface area contributed by atoms with Gasteiger partial charge in [-0.15, -0.1) is 11.3 Å². The van der Waals surface area contributed by atoms with E-state index in [0.717, 1.165) is 20.8 Å². The fourth-order valence-corrected chi connectivity index (χ4v) is 3.74. The van der Waals surface area contributed by atoms with Gasteiger partial charge in [-0.3, -0.25) is 9.59 Å². The summed E-state index contributed by atoms with van der Waals surface area (Å²) in [5, 5.41) is 2.63. The zero-order chi connectivity index (χ0) is 19.9. The summed E-state index contributed by atoms with van der Waals surface area (Å²) < 4.78 is 11.6. The number of esters is 1. The molecular weight excluding hydrogens is 442 g/mol. The fourth-order valence-electron chi connectivity index (χ4n) is 2.55. The molecule has 28 heavy (non-hydrogen) atoms. The van der Waals surface area contributed by atoms with Gasteiger partial charge in [0.15, 0.2) is 5.78 Å². The van der Waals surface area contributed by atoms with E-state index in [1.54, 1.807) is 31.4 Å². The highest BCUT2D eigenvalue weighted by Gasteiger charge is 2.13. The van der Waals surface area contributed by atoms with Gasteiger partial charge in [0, 0.05) is 21.8 Å². The van der Waals surface area contributed by atoms with Crippen molar-refractivity contribution in [1.29, 1.82) is 0 Å². The number of Topliss-reactive ketones (excluding diaryl/α,β-unsaturated/α-hetero) is 1. The minimum atomic E-state index is -0.418. The van der Waals surface area contributed by atoms with Gasteiger partial charge in [-0.05, 0) is 18.2 Å². The normalized spacial score (nSPS) is 10.5. The van der Waals surface area contributed by atoms with Gasteiger partial charge in [-0.25, -0.2) is 4.98 Å². The number of ether oxygens (including phenoxy) is 2. The number of methoxy groups -OCH3 is 1. The first-order chi connectivity index (χ1) is 13.6. The van der Waals surface area contributed by atoms with Crippen molar-refractivity contribution in [2.45, 2.75) is 19.4 Å². The van der Waals surface area contributed by atoms with E-state index in [9.17, 15) is 9.59 Å². The number of benzene rings is 2. The molecule has 0 aliphatic heterocycles. The summed E-state index contributed by atoms with van der Waals surface area (Å²) in [5.74, 6) is 0.231. The third kappa shape index (κ3) is 5.27. The lowest BCUT2D eigenvalue weighted by Crippen LogP contribution is -2.08. The predicted octanol–water partition coefficient (Wildman–Crippen LogP) is 5.29. The predicted molar refractivity (Wildman–Crippen MR) is 112 cm³/mol. The number of carbonyl (C=O) groups excluding carboxylic acids is 2. The fraction of sp³-hybridized carbons (Fsp3) is 0.190. The van der Waals surface area contributed by atoms with E-state index in [2.05, 4.69) is 20.9 Å². The van der Waals surface area contributed by atoms with Crippen molar-refractivity contribution in [3.63, 3.8) is 0 Å². The SMILES string of the molecule is COc1ccc(Br)cc1-c1nc(COC(=O)CCC(=O)c2ccccc2)cs1. The highest BCUT2D eigenvalue weighted by atomic mass is 79.9. The highest BCUT2D eigenvalue weighted by Crippen LogP contribution is 2.34. The topological polar surface area (TPSA) is 65.5 Å². The third-order valence-corrected chi connectivity index (χ3v) is 5.39. The second-order valence-electron chi connectivity index (χ2n) is 5.94. The summed E-state index contributed by atoms with van der Waals surface area (Å²) in [5.41, 5.74) is 2.13. The van der Waals surface area contributed by atoms with Crippen molar-refractivity contribution in [3.05, 3.63) is 69.6 Å². The third-order valence-electron chi connectivity index (χ3n) is 3.98. The molecule has 0 unspecified atom stereocenters. The van der Waals surface area contributed by atoms with Crippen molar-refractivity contribution in [2.75, 3.05) is 7.11 Å². The van der Waals surface area contributed by atoms with E-state index >= 15 is 0 Å². The van der Waals surface area contributed by atoms with E-state index in [0.29, 0.717) is 11.3 Å². The largest absolute Gasteiger partial charge is 0.496 e. The Morgan fingerprint density at radius 3 is 2.64 bits per heavy atom. The van der Waals surface area contributed by atoms with Crippen LogP contribution in [0.2, 0.25) is 0 Å². The Hall–Kier alpha value is -2.51. The maximum Gasteiger partial charge on any atom is 0.306 e. The van der Waals surface area contributed by atoms with E-state index in [1.807, 2.05) is 29.6 Å². The Labute approximate surface area is 175 Å². The summed E-state index contributed by atoms with van der Waals surface area (Å²) in [7, 11) is 1.61. The monoisotopic (exact) mass is 459 g/mol. The maximum atomic E-state index is 12.0. The molecule has 3 aromatic rings. The molecule has 0 saturated carbocycles. The molecule has 0 amide bonds. The summed E-state index contributed by atoms with van der Waals surface area (Å²) >= 11 is 4.90. The Balaban J connectivity index is 1.54. The Bertz CT molecular complexity index is 972. The Kier molecular flexibility index (Phi) is 6.95. The smallest absolute Gasteiger partial charge is 0.306 e. The number of hydrogen-bond donors (Lipinski definition) is 0. The van der Waals surface area contributed by atoms with Gasteiger partial charge < -0.3 is 9.47 Å². The van der Waals surface area contributed by atoms with Gasteiger partial charge in [-0.2, -0.15) is 0 Å². The average Bonchev–Trinajstić information content (AvgIpc) is 3.20. The molecule has 0 aliphatic carbocycles. The van der Waals surface area contributed by atoms with Crippen molar-refractivity contribution >= 4 is 39.0 Å². The summed E-state index contributed by atoms with van der Waals surface area (Å²) in [6.45, 7) is 0.0746. The molecule has 0 N–H and O–H groups in total. The van der Waals surface area contributed by atoms with Crippen LogP contribution in [0.4, 0.5) is 0 Å². The van der Waals surface area contributed by atoms with Crippen LogP contribution < -0.4 is 4.74 Å². The summed E-state index contributed by atoms with van der Waals surface area (Å²) in [6.07, 6.45) is 0.171. The minimum absolute atomic E-state index is 0.0458. The van der Waals surface area contributed by atoms with Crippen LogP contribution in [0.25, 0.3) is 10.6 Å². The first-order valence-corrected chi connectivity index (χ1v) is 10.3. The Morgan fingerprint density at radius 2 is 1.89 bits per heavy atom. The molecule has 1 heterocycles. The molecule has 2 aromatic carbocycles. The van der Waals surface area contributed by atoms with E-state index in [1.165, 1.54) is 11.3 Å². The lowest BCUT2D eigenvalue weighted by molar-refractivity contribution is -0.145. The molecule has 0 saturated heterocycles. The van der Waals surface area contributed by atoms with Crippen molar-refractivity contribution in [2.24, 2.45) is 0 Å². The molecule has 1 aromatic heterocycles. The molecule has 0 spiro atoms. The zero-order valence-corrected chi connectivity index (χ0v) is 17.6. The molecule has 7 heteroatoms. The Morgan fingerprint density at radius 1 is 1.11 bits per heavy atom. The summed E-state index contributed by atoms with van der Waals surface area (Å²) in [6, 6.07) is 14.6. The number of halogens is 1. The molecule has 144 valence electrons. The van der Waals surface area contributed by atoms with Crippen molar-refractivity contribution in [3.8, 4) is 16.3 Å². The van der Waals surface area contributed by atoms with Gasteiger partial charge in [0.05, 0.1) is 24.8 Å². The number of ketones is 1. The van der Waals surface area contributed by atoms with E-state index in [-0.39, 0.29) is 25.2 Å². The van der Waals surface area contributed by atoms with Crippen LogP contribution in [0.1, 0.15) is 28.9 Å². The van der Waals surface area contributed by atoms with Crippen LogP contribution in [-0.4, -0.2) is 23.8 Å². The first kappa shape index (κ1) is 20.2. The lowest BCUT2D eigenvalue weighted by atomic mass is 10.1. The minimum Gasteiger partial charge on any atom is -0.496 e. The van der Waals surface area contributed by atoms with Crippen LogP contribution in [-0.2, 0) is 16.1 Å². The number of carbonyl (C=O) groups is 2. The van der Waals surface area contributed by atoms with Crippen LogP contribution in [0.5, 0.6) is 5.75 Å². The molecule has 0 radical (unpaired) electrons. The van der Waals surface area contributed by atoms with Crippen LogP contribution >= 0.6 is 27.3 Å². The number of nitrogens with zero attached hydrogens (tertiary/aromatic N) is 1. The highest BCUT2D eigenvalue weighted by molar-refractivity contribution is 9.10. The maximum absolute atomic E-state index is 12.0. The molecule has 3 rings (SSSR count). The zero-order valence-electron chi connectivity index (χ0n) is 15.2. The molecule has 0 aliphatic rings. The average molecular weight is 460 g/mol. The van der Waals surface area contributed by atoms with Gasteiger partial charge in [-0.1, -0.05) is 46.3 Å². The van der Waals surface area contributed by atoms with Crippen LogP contribution in [0, 0.1) is 0 Å². The second kappa shape index (κ2) is 9.61. The van der Waals surface area contributed by atoms with Gasteiger partial charge >= 0.3 is 5.97 Å². The molecule has 0 fully saturated rings. The number of hydrogen-bond acceptors (Lipinski definition) is 6. The van der Waals surface area contributed by atoms with Gasteiger partial charge in [0.1, 0.15) is 17.4 Å². The quantitative estimate of drug-likeness (QED) is 0.338. The van der Waals surface area contributed by atoms with Crippen LogP contribution in [0.15, 0.2) is 58.4 Å². The van der Waals surface area contributed by atoms with E-state index in [4.69, 9.17) is 9.47 Å². The van der Waals surface area contributed by atoms with Crippen LogP contribution in [0.3, 0.4) is 0 Å². The number of thiazole rings is 1. The molecule has 5 nitrogen and oxygen atoms in total. The molecule has 0 bridgehead atoms. The first-order valence-electron chi connectivity index (χ1n) is 8.59. The van der Waals surface area contributed by atoms with Crippen molar-refractivity contribution < 1.29 is 19.1 Å². The molecule has 0 atom stereocenters. The van der Waals surface area contributed by atoms with Gasteiger partial charge in [0.2, 0.25) is 0 Å².